The number of hydrogen-bond donors (Lipinski definition) is 0. The number of carbonyl (C=O) groups excluding carboxylic acids is 1. The Labute approximate surface area is 193 Å². The summed E-state index contributed by atoms with van der Waals surface area (Å²) in [5.41, 5.74) is 4.33. The highest BCUT2D eigenvalue weighted by Crippen LogP contribution is 2.31. The van der Waals surface area contributed by atoms with Crippen molar-refractivity contribution in [3.8, 4) is 0 Å². The average molecular weight is 593 g/mol. The molecule has 0 aliphatic carbocycles. The van der Waals surface area contributed by atoms with Crippen molar-refractivity contribution < 1.29 is 4.79 Å². The standard InChI is InChI=1S/C24H21I2NO/c1-2-20-15-21(25)16-22(26)24(20)27(17-19-11-7-4-8-12-19)23(28)14-13-18-9-5-3-6-10-18/h3-16H,2,17H2,1H3/b14-13+. The lowest BCUT2D eigenvalue weighted by molar-refractivity contribution is -0.114. The van der Waals surface area contributed by atoms with Crippen molar-refractivity contribution in [3.05, 3.63) is 103 Å². The van der Waals surface area contributed by atoms with Crippen molar-refractivity contribution in [2.45, 2.75) is 19.9 Å². The molecular weight excluding hydrogens is 572 g/mol. The minimum atomic E-state index is -0.0125. The molecule has 0 radical (unpaired) electrons. The second-order valence-corrected chi connectivity index (χ2v) is 8.81. The van der Waals surface area contributed by atoms with Gasteiger partial charge < -0.3 is 4.90 Å². The molecule has 142 valence electrons. The fraction of sp³-hybridized carbons (Fsp3) is 0.125. The predicted molar refractivity (Wildman–Crippen MR) is 134 cm³/mol. The molecule has 0 fully saturated rings. The van der Waals surface area contributed by atoms with Gasteiger partial charge >= 0.3 is 0 Å². The van der Waals surface area contributed by atoms with Crippen molar-refractivity contribution in [3.63, 3.8) is 0 Å². The van der Waals surface area contributed by atoms with Gasteiger partial charge in [0.25, 0.3) is 5.91 Å². The smallest absolute Gasteiger partial charge is 0.251 e. The molecule has 0 bridgehead atoms. The van der Waals surface area contributed by atoms with Gasteiger partial charge in [-0.1, -0.05) is 67.6 Å². The molecule has 4 heteroatoms. The van der Waals surface area contributed by atoms with Gasteiger partial charge in [-0.15, -0.1) is 0 Å². The first-order chi connectivity index (χ1) is 13.6. The number of benzene rings is 3. The Hall–Kier alpha value is -1.67. The molecule has 0 aliphatic heterocycles. The van der Waals surface area contributed by atoms with Gasteiger partial charge in [-0.3, -0.25) is 4.79 Å². The molecule has 0 saturated heterocycles. The zero-order chi connectivity index (χ0) is 19.9. The Kier molecular flexibility index (Phi) is 7.67. The Bertz CT molecular complexity index is 969. The number of carbonyl (C=O) groups is 1. The largest absolute Gasteiger partial charge is 0.303 e. The van der Waals surface area contributed by atoms with Gasteiger partial charge in [0.2, 0.25) is 0 Å². The van der Waals surface area contributed by atoms with Gasteiger partial charge in [0.15, 0.2) is 0 Å². The number of rotatable bonds is 6. The van der Waals surface area contributed by atoms with Crippen molar-refractivity contribution >= 4 is 62.9 Å². The van der Waals surface area contributed by atoms with Crippen LogP contribution in [0.15, 0.2) is 78.9 Å². The normalized spacial score (nSPS) is 11.0. The Morgan fingerprint density at radius 3 is 2.25 bits per heavy atom. The Morgan fingerprint density at radius 1 is 0.964 bits per heavy atom. The van der Waals surface area contributed by atoms with Gasteiger partial charge in [0.05, 0.1) is 12.2 Å². The van der Waals surface area contributed by atoms with E-state index in [4.69, 9.17) is 0 Å². The van der Waals surface area contributed by atoms with E-state index in [-0.39, 0.29) is 5.91 Å². The fourth-order valence-corrected chi connectivity index (χ4v) is 5.30. The van der Waals surface area contributed by atoms with E-state index >= 15 is 0 Å². The third-order valence-corrected chi connectivity index (χ3v) is 5.87. The maximum atomic E-state index is 13.3. The van der Waals surface area contributed by atoms with Crippen molar-refractivity contribution in [1.29, 1.82) is 0 Å². The van der Waals surface area contributed by atoms with Gasteiger partial charge in [-0.05, 0) is 86.5 Å². The quantitative estimate of drug-likeness (QED) is 0.230. The zero-order valence-electron chi connectivity index (χ0n) is 15.6. The van der Waals surface area contributed by atoms with Crippen LogP contribution in [-0.2, 0) is 17.8 Å². The molecule has 0 unspecified atom stereocenters. The summed E-state index contributed by atoms with van der Waals surface area (Å²) in [6, 6.07) is 24.4. The van der Waals surface area contributed by atoms with Crippen molar-refractivity contribution in [1.82, 2.24) is 0 Å². The van der Waals surface area contributed by atoms with Crippen LogP contribution < -0.4 is 4.90 Å². The first-order valence-corrected chi connectivity index (χ1v) is 11.3. The first kappa shape index (κ1) is 21.0. The lowest BCUT2D eigenvalue weighted by atomic mass is 10.1. The second kappa shape index (κ2) is 10.2. The van der Waals surface area contributed by atoms with E-state index in [1.807, 2.05) is 59.5 Å². The molecule has 0 saturated carbocycles. The van der Waals surface area contributed by atoms with Crippen LogP contribution in [0.1, 0.15) is 23.6 Å². The number of anilines is 1. The van der Waals surface area contributed by atoms with Gasteiger partial charge in [-0.25, -0.2) is 0 Å². The van der Waals surface area contributed by atoms with Gasteiger partial charge in [-0.2, -0.15) is 0 Å². The van der Waals surface area contributed by atoms with Gasteiger partial charge in [0.1, 0.15) is 0 Å². The van der Waals surface area contributed by atoms with E-state index in [0.717, 1.165) is 26.8 Å². The topological polar surface area (TPSA) is 20.3 Å². The number of nitrogens with zero attached hydrogens (tertiary/aromatic N) is 1. The molecule has 0 aromatic heterocycles. The lowest BCUT2D eigenvalue weighted by Gasteiger charge is -2.26. The van der Waals surface area contributed by atoms with Crippen LogP contribution in [0, 0.1) is 7.14 Å². The summed E-state index contributed by atoms with van der Waals surface area (Å²) in [6.07, 6.45) is 4.43. The molecule has 0 atom stereocenters. The molecule has 3 aromatic rings. The highest BCUT2D eigenvalue weighted by Gasteiger charge is 2.20. The fourth-order valence-electron chi connectivity index (χ4n) is 3.05. The molecule has 3 aromatic carbocycles. The summed E-state index contributed by atoms with van der Waals surface area (Å²) < 4.78 is 2.29. The molecule has 2 nitrogen and oxygen atoms in total. The van der Waals surface area contributed by atoms with E-state index < -0.39 is 0 Å². The van der Waals surface area contributed by atoms with Crippen molar-refractivity contribution in [2.24, 2.45) is 0 Å². The van der Waals surface area contributed by atoms with E-state index in [1.165, 1.54) is 9.13 Å². The second-order valence-electron chi connectivity index (χ2n) is 6.40. The number of aryl methyl sites for hydroxylation is 1. The van der Waals surface area contributed by atoms with Crippen LogP contribution in [0.5, 0.6) is 0 Å². The van der Waals surface area contributed by atoms with Crippen LogP contribution >= 0.6 is 45.2 Å². The maximum Gasteiger partial charge on any atom is 0.251 e. The minimum Gasteiger partial charge on any atom is -0.303 e. The molecule has 1 amide bonds. The van der Waals surface area contributed by atoms with Gasteiger partial charge in [0, 0.05) is 13.2 Å². The Morgan fingerprint density at radius 2 is 1.61 bits per heavy atom. The highest BCUT2D eigenvalue weighted by molar-refractivity contribution is 14.1. The zero-order valence-corrected chi connectivity index (χ0v) is 19.9. The molecule has 3 rings (SSSR count). The molecule has 0 aliphatic rings. The van der Waals surface area contributed by atoms with E-state index in [1.54, 1.807) is 6.08 Å². The summed E-state index contributed by atoms with van der Waals surface area (Å²) in [4.78, 5) is 15.2. The summed E-state index contributed by atoms with van der Waals surface area (Å²) in [7, 11) is 0. The summed E-state index contributed by atoms with van der Waals surface area (Å²) in [6.45, 7) is 2.68. The predicted octanol–water partition coefficient (Wildman–Crippen LogP) is 6.70. The van der Waals surface area contributed by atoms with E-state index in [2.05, 4.69) is 76.4 Å². The molecule has 0 N–H and O–H groups in total. The van der Waals surface area contributed by atoms with Crippen LogP contribution in [0.3, 0.4) is 0 Å². The summed E-state index contributed by atoms with van der Waals surface area (Å²) >= 11 is 4.68. The Balaban J connectivity index is 2.00. The lowest BCUT2D eigenvalue weighted by Crippen LogP contribution is -2.30. The molecular formula is C24H21I2NO. The minimum absolute atomic E-state index is 0.0125. The van der Waals surface area contributed by atoms with Crippen molar-refractivity contribution in [2.75, 3.05) is 4.90 Å². The monoisotopic (exact) mass is 593 g/mol. The maximum absolute atomic E-state index is 13.3. The van der Waals surface area contributed by atoms with E-state index in [9.17, 15) is 4.79 Å². The first-order valence-electron chi connectivity index (χ1n) is 9.15. The van der Waals surface area contributed by atoms with Crippen LogP contribution in [0.4, 0.5) is 5.69 Å². The summed E-state index contributed by atoms with van der Waals surface area (Å²) in [5, 5.41) is 0. The van der Waals surface area contributed by atoms with Crippen LogP contribution in [-0.4, -0.2) is 5.91 Å². The number of hydrogen-bond acceptors (Lipinski definition) is 1. The SMILES string of the molecule is CCc1cc(I)cc(I)c1N(Cc1ccccc1)C(=O)/C=C/c1ccccc1. The number of halogens is 2. The van der Waals surface area contributed by atoms with E-state index in [0.29, 0.717) is 6.54 Å². The average Bonchev–Trinajstić information content (AvgIpc) is 2.71. The molecule has 0 heterocycles. The molecule has 0 spiro atoms. The molecule has 28 heavy (non-hydrogen) atoms. The van der Waals surface area contributed by atoms with Crippen LogP contribution in [0.25, 0.3) is 6.08 Å². The third-order valence-electron chi connectivity index (χ3n) is 4.43. The summed E-state index contributed by atoms with van der Waals surface area (Å²) in [5.74, 6) is -0.0125. The third kappa shape index (κ3) is 5.44. The number of amides is 1. The van der Waals surface area contributed by atoms with Crippen LogP contribution in [0.2, 0.25) is 0 Å². The highest BCUT2D eigenvalue weighted by atomic mass is 127.